The molecule has 2 heterocycles. The minimum Gasteiger partial charge on any atom is -0.481 e. The highest BCUT2D eigenvalue weighted by atomic mass is 16.5. The molecule has 0 fully saturated rings. The summed E-state index contributed by atoms with van der Waals surface area (Å²) in [5, 5.41) is 3.26. The van der Waals surface area contributed by atoms with Gasteiger partial charge in [-0.05, 0) is 25.5 Å². The minimum atomic E-state index is 0.612. The van der Waals surface area contributed by atoms with Gasteiger partial charge in [0.1, 0.15) is 5.82 Å². The lowest BCUT2D eigenvalue weighted by Gasteiger charge is -2.09. The quantitative estimate of drug-likeness (QED) is 0.892. The highest BCUT2D eigenvalue weighted by Gasteiger charge is 2.02. The van der Waals surface area contributed by atoms with Gasteiger partial charge in [-0.15, -0.1) is 0 Å². The van der Waals surface area contributed by atoms with Gasteiger partial charge in [0.15, 0.2) is 0 Å². The predicted molar refractivity (Wildman–Crippen MR) is 69.6 cm³/mol. The van der Waals surface area contributed by atoms with Crippen molar-refractivity contribution >= 4 is 5.82 Å². The summed E-state index contributed by atoms with van der Waals surface area (Å²) in [5.41, 5.74) is 2.88. The third-order valence-corrected chi connectivity index (χ3v) is 2.54. The summed E-state index contributed by atoms with van der Waals surface area (Å²) in [6, 6.07) is 3.83. The number of hydrogen-bond acceptors (Lipinski definition) is 5. The van der Waals surface area contributed by atoms with Crippen LogP contribution in [0.25, 0.3) is 0 Å². The highest BCUT2D eigenvalue weighted by molar-refractivity contribution is 5.40. The average molecular weight is 244 g/mol. The maximum absolute atomic E-state index is 5.08. The number of methoxy groups -OCH3 is 1. The van der Waals surface area contributed by atoms with Crippen LogP contribution in [0, 0.1) is 13.8 Å². The van der Waals surface area contributed by atoms with Crippen molar-refractivity contribution in [1.29, 1.82) is 0 Å². The topological polar surface area (TPSA) is 59.9 Å². The van der Waals surface area contributed by atoms with Crippen molar-refractivity contribution in [3.63, 3.8) is 0 Å². The number of nitrogens with zero attached hydrogens (tertiary/aromatic N) is 3. The molecule has 0 bridgehead atoms. The van der Waals surface area contributed by atoms with E-state index in [1.807, 2.05) is 26.0 Å². The van der Waals surface area contributed by atoms with Crippen LogP contribution >= 0.6 is 0 Å². The first-order valence-corrected chi connectivity index (χ1v) is 5.72. The second-order valence-corrected chi connectivity index (χ2v) is 4.01. The van der Waals surface area contributed by atoms with Crippen LogP contribution in [0.15, 0.2) is 24.5 Å². The molecule has 2 rings (SSSR count). The van der Waals surface area contributed by atoms with Crippen LogP contribution in [-0.2, 0) is 6.54 Å². The standard InChI is InChI=1S/C13H16N4O/c1-9-7-15-10(2)13(17-9)16-8-11-4-5-14-12(6-11)18-3/h4-7H,8H2,1-3H3,(H,16,17). The number of ether oxygens (including phenoxy) is 1. The number of nitrogens with one attached hydrogen (secondary N) is 1. The van der Waals surface area contributed by atoms with E-state index < -0.39 is 0 Å². The number of hydrogen-bond donors (Lipinski definition) is 1. The molecule has 94 valence electrons. The summed E-state index contributed by atoms with van der Waals surface area (Å²) >= 11 is 0. The molecule has 5 nitrogen and oxygen atoms in total. The Labute approximate surface area is 106 Å². The number of aryl methyl sites for hydroxylation is 2. The zero-order chi connectivity index (χ0) is 13.0. The molecule has 0 unspecified atom stereocenters. The van der Waals surface area contributed by atoms with Crippen LogP contribution < -0.4 is 10.1 Å². The lowest BCUT2D eigenvalue weighted by Crippen LogP contribution is -2.05. The van der Waals surface area contributed by atoms with E-state index in [2.05, 4.69) is 20.3 Å². The van der Waals surface area contributed by atoms with Gasteiger partial charge in [-0.2, -0.15) is 0 Å². The number of aromatic nitrogens is 3. The Hall–Kier alpha value is -2.17. The van der Waals surface area contributed by atoms with Crippen molar-refractivity contribution in [1.82, 2.24) is 15.0 Å². The van der Waals surface area contributed by atoms with E-state index in [9.17, 15) is 0 Å². The summed E-state index contributed by atoms with van der Waals surface area (Å²) in [4.78, 5) is 12.7. The summed E-state index contributed by atoms with van der Waals surface area (Å²) < 4.78 is 5.08. The molecule has 2 aromatic heterocycles. The van der Waals surface area contributed by atoms with Gasteiger partial charge in [-0.1, -0.05) is 0 Å². The molecule has 2 aromatic rings. The van der Waals surface area contributed by atoms with Crippen LogP contribution in [0.1, 0.15) is 17.0 Å². The van der Waals surface area contributed by atoms with Crippen molar-refractivity contribution in [3.8, 4) is 5.88 Å². The van der Waals surface area contributed by atoms with E-state index in [4.69, 9.17) is 4.74 Å². The Morgan fingerprint density at radius 2 is 2.11 bits per heavy atom. The molecule has 5 heteroatoms. The largest absolute Gasteiger partial charge is 0.481 e. The molecule has 18 heavy (non-hydrogen) atoms. The zero-order valence-corrected chi connectivity index (χ0v) is 10.8. The van der Waals surface area contributed by atoms with Gasteiger partial charge in [-0.3, -0.25) is 4.98 Å². The van der Waals surface area contributed by atoms with Gasteiger partial charge in [0.05, 0.1) is 18.5 Å². The van der Waals surface area contributed by atoms with Crippen LogP contribution in [0.3, 0.4) is 0 Å². The molecule has 0 spiro atoms. The fourth-order valence-electron chi connectivity index (χ4n) is 1.56. The van der Waals surface area contributed by atoms with Crippen LogP contribution in [0.5, 0.6) is 5.88 Å². The summed E-state index contributed by atoms with van der Waals surface area (Å²) in [5.74, 6) is 1.42. The smallest absolute Gasteiger partial charge is 0.213 e. The second kappa shape index (κ2) is 5.44. The van der Waals surface area contributed by atoms with Crippen molar-refractivity contribution in [2.75, 3.05) is 12.4 Å². The van der Waals surface area contributed by atoms with Crippen molar-refractivity contribution in [2.45, 2.75) is 20.4 Å². The molecule has 0 aromatic carbocycles. The van der Waals surface area contributed by atoms with Crippen molar-refractivity contribution in [2.24, 2.45) is 0 Å². The fourth-order valence-corrected chi connectivity index (χ4v) is 1.56. The van der Waals surface area contributed by atoms with Gasteiger partial charge in [-0.25, -0.2) is 9.97 Å². The molecular weight excluding hydrogens is 228 g/mol. The van der Waals surface area contributed by atoms with Crippen molar-refractivity contribution < 1.29 is 4.74 Å². The Morgan fingerprint density at radius 3 is 2.89 bits per heavy atom. The first-order chi connectivity index (χ1) is 8.69. The average Bonchev–Trinajstić information content (AvgIpc) is 2.40. The van der Waals surface area contributed by atoms with E-state index in [-0.39, 0.29) is 0 Å². The lowest BCUT2D eigenvalue weighted by atomic mass is 10.2. The molecule has 0 saturated heterocycles. The first-order valence-electron chi connectivity index (χ1n) is 5.72. The number of anilines is 1. The van der Waals surface area contributed by atoms with E-state index in [1.165, 1.54) is 0 Å². The molecule has 0 saturated carbocycles. The van der Waals surface area contributed by atoms with E-state index in [0.717, 1.165) is 22.8 Å². The third kappa shape index (κ3) is 2.94. The van der Waals surface area contributed by atoms with E-state index in [0.29, 0.717) is 12.4 Å². The maximum Gasteiger partial charge on any atom is 0.213 e. The molecule has 0 radical (unpaired) electrons. The highest BCUT2D eigenvalue weighted by Crippen LogP contribution is 2.13. The molecule has 0 atom stereocenters. The number of pyridine rings is 1. The Kier molecular flexibility index (Phi) is 3.72. The van der Waals surface area contributed by atoms with Crippen LogP contribution in [0.4, 0.5) is 5.82 Å². The van der Waals surface area contributed by atoms with E-state index >= 15 is 0 Å². The Bertz CT molecular complexity index is 542. The monoisotopic (exact) mass is 244 g/mol. The molecular formula is C13H16N4O. The van der Waals surface area contributed by atoms with Gasteiger partial charge in [0.2, 0.25) is 5.88 Å². The second-order valence-electron chi connectivity index (χ2n) is 4.01. The Balaban J connectivity index is 2.08. The molecule has 0 aliphatic rings. The molecule has 0 aliphatic carbocycles. The minimum absolute atomic E-state index is 0.612. The first kappa shape index (κ1) is 12.3. The van der Waals surface area contributed by atoms with Gasteiger partial charge >= 0.3 is 0 Å². The predicted octanol–water partition coefficient (Wildman–Crippen LogP) is 2.11. The summed E-state index contributed by atoms with van der Waals surface area (Å²) in [7, 11) is 1.61. The lowest BCUT2D eigenvalue weighted by molar-refractivity contribution is 0.397. The van der Waals surface area contributed by atoms with Crippen LogP contribution in [-0.4, -0.2) is 22.1 Å². The van der Waals surface area contributed by atoms with E-state index in [1.54, 1.807) is 19.5 Å². The van der Waals surface area contributed by atoms with Gasteiger partial charge < -0.3 is 10.1 Å². The van der Waals surface area contributed by atoms with Gasteiger partial charge in [0, 0.05) is 25.0 Å². The summed E-state index contributed by atoms with van der Waals surface area (Å²) in [6.07, 6.45) is 3.49. The van der Waals surface area contributed by atoms with Gasteiger partial charge in [0.25, 0.3) is 0 Å². The van der Waals surface area contributed by atoms with Crippen molar-refractivity contribution in [3.05, 3.63) is 41.5 Å². The SMILES string of the molecule is COc1cc(CNc2nc(C)cnc2C)ccn1. The van der Waals surface area contributed by atoms with Crippen LogP contribution in [0.2, 0.25) is 0 Å². The molecule has 0 amide bonds. The zero-order valence-electron chi connectivity index (χ0n) is 10.8. The fraction of sp³-hybridized carbons (Fsp3) is 0.308. The summed E-state index contributed by atoms with van der Waals surface area (Å²) in [6.45, 7) is 4.52. The Morgan fingerprint density at radius 1 is 1.28 bits per heavy atom. The normalized spacial score (nSPS) is 10.2. The molecule has 1 N–H and O–H groups in total. The molecule has 0 aliphatic heterocycles. The number of rotatable bonds is 4. The maximum atomic E-state index is 5.08. The third-order valence-electron chi connectivity index (χ3n) is 2.54.